The quantitative estimate of drug-likeness (QED) is 0.542. The number of hydrogen-bond donors (Lipinski definition) is 1. The lowest BCUT2D eigenvalue weighted by atomic mass is 10.1. The summed E-state index contributed by atoms with van der Waals surface area (Å²) in [6.45, 7) is 4.62. The predicted molar refractivity (Wildman–Crippen MR) is 115 cm³/mol. The number of sulfonamides is 1. The van der Waals surface area contributed by atoms with Crippen molar-refractivity contribution in [1.82, 2.24) is 4.31 Å². The van der Waals surface area contributed by atoms with Gasteiger partial charge in [0.1, 0.15) is 4.88 Å². The van der Waals surface area contributed by atoms with Gasteiger partial charge in [0.2, 0.25) is 10.0 Å². The molecule has 0 bridgehead atoms. The molecule has 0 aliphatic heterocycles. The van der Waals surface area contributed by atoms with E-state index < -0.39 is 16.0 Å². The number of benzene rings is 1. The van der Waals surface area contributed by atoms with E-state index in [9.17, 15) is 13.2 Å². The van der Waals surface area contributed by atoms with E-state index in [0.29, 0.717) is 30.8 Å². The molecule has 0 fully saturated rings. The highest BCUT2D eigenvalue weighted by molar-refractivity contribution is 7.89. The molecule has 2 aromatic rings. The van der Waals surface area contributed by atoms with Crippen LogP contribution in [0, 0.1) is 0 Å². The topological polar surface area (TPSA) is 74.7 Å². The molecule has 1 N–H and O–H groups in total. The number of unbranched alkanes of at least 4 members (excludes halogenated alkanes) is 1. The van der Waals surface area contributed by atoms with E-state index in [0.717, 1.165) is 29.7 Å². The number of rotatable bonds is 12. The Hall–Kier alpha value is -1.70. The summed E-state index contributed by atoms with van der Waals surface area (Å²) in [4.78, 5) is 12.3. The zero-order valence-corrected chi connectivity index (χ0v) is 18.2. The highest BCUT2D eigenvalue weighted by Gasteiger charge is 2.20. The Balaban J connectivity index is 1.98. The third kappa shape index (κ3) is 6.72. The molecule has 154 valence electrons. The molecule has 0 saturated carbocycles. The number of nitrogens with zero attached hydrogens (tertiary/aromatic N) is 1. The summed E-state index contributed by atoms with van der Waals surface area (Å²) in [6, 6.07) is 11.6. The fraction of sp³-hybridized carbons (Fsp3) is 0.476. The van der Waals surface area contributed by atoms with Crippen molar-refractivity contribution in [2.24, 2.45) is 0 Å². The van der Waals surface area contributed by atoms with Gasteiger partial charge in [-0.05, 0) is 55.9 Å². The van der Waals surface area contributed by atoms with Crippen molar-refractivity contribution in [3.8, 4) is 0 Å². The van der Waals surface area contributed by atoms with Gasteiger partial charge in [0, 0.05) is 18.0 Å². The average molecular weight is 424 g/mol. The van der Waals surface area contributed by atoms with Gasteiger partial charge in [-0.15, -0.1) is 11.3 Å². The van der Waals surface area contributed by atoms with Gasteiger partial charge in [-0.25, -0.2) is 13.2 Å². The molecule has 0 saturated heterocycles. The van der Waals surface area contributed by atoms with Crippen LogP contribution in [-0.2, 0) is 29.4 Å². The fourth-order valence-corrected chi connectivity index (χ4v) is 4.96. The third-order valence-corrected chi connectivity index (χ3v) is 7.62. The second kappa shape index (κ2) is 10.7. The van der Waals surface area contributed by atoms with E-state index in [1.807, 2.05) is 18.2 Å². The van der Waals surface area contributed by atoms with Crippen LogP contribution in [0.2, 0.25) is 0 Å². The Morgan fingerprint density at radius 2 is 1.68 bits per heavy atom. The van der Waals surface area contributed by atoms with Gasteiger partial charge >= 0.3 is 5.97 Å². The average Bonchev–Trinajstić information content (AvgIpc) is 3.16. The standard InChI is InChI=1S/C21H29NO4S2/c1-3-5-7-17-9-11-18(12-10-17)16-22(28(25,26)4-2)15-6-8-19-13-14-20(27-19)21(23)24/h9-14H,3-8,15-16H2,1-2H3,(H,23,24). The second-order valence-corrected chi connectivity index (χ2v) is 10.3. The number of hydrogen-bond acceptors (Lipinski definition) is 4. The molecule has 1 aromatic heterocycles. The summed E-state index contributed by atoms with van der Waals surface area (Å²) in [5.41, 5.74) is 2.27. The number of carboxylic acid groups (broad SMARTS) is 1. The first-order valence-electron chi connectivity index (χ1n) is 9.73. The van der Waals surface area contributed by atoms with Crippen LogP contribution in [0.5, 0.6) is 0 Å². The van der Waals surface area contributed by atoms with Gasteiger partial charge in [-0.1, -0.05) is 37.6 Å². The van der Waals surface area contributed by atoms with Crippen LogP contribution in [0.3, 0.4) is 0 Å². The van der Waals surface area contributed by atoms with Gasteiger partial charge in [0.25, 0.3) is 0 Å². The SMILES string of the molecule is CCCCc1ccc(CN(CCCc2ccc(C(=O)O)s2)S(=O)(=O)CC)cc1. The molecule has 28 heavy (non-hydrogen) atoms. The lowest BCUT2D eigenvalue weighted by molar-refractivity contribution is 0.0702. The summed E-state index contributed by atoms with van der Waals surface area (Å²) in [5, 5.41) is 9.00. The van der Waals surface area contributed by atoms with Gasteiger partial charge in [0.05, 0.1) is 5.75 Å². The zero-order chi connectivity index (χ0) is 20.6. The molecule has 0 aliphatic carbocycles. The largest absolute Gasteiger partial charge is 0.477 e. The molecular weight excluding hydrogens is 394 g/mol. The Morgan fingerprint density at radius 1 is 1.00 bits per heavy atom. The van der Waals surface area contributed by atoms with Crippen LogP contribution in [0.1, 0.15) is 58.8 Å². The van der Waals surface area contributed by atoms with Crippen LogP contribution < -0.4 is 0 Å². The van der Waals surface area contributed by atoms with Crippen LogP contribution in [0.25, 0.3) is 0 Å². The monoisotopic (exact) mass is 423 g/mol. The molecule has 7 heteroatoms. The van der Waals surface area contributed by atoms with Crippen molar-refractivity contribution in [1.29, 1.82) is 0 Å². The minimum absolute atomic E-state index is 0.0732. The summed E-state index contributed by atoms with van der Waals surface area (Å²) < 4.78 is 26.5. The first-order chi connectivity index (χ1) is 13.4. The van der Waals surface area contributed by atoms with E-state index in [-0.39, 0.29) is 5.75 Å². The molecule has 5 nitrogen and oxygen atoms in total. The number of carboxylic acids is 1. The maximum Gasteiger partial charge on any atom is 0.345 e. The summed E-state index contributed by atoms with van der Waals surface area (Å²) >= 11 is 1.25. The second-order valence-electron chi connectivity index (χ2n) is 6.83. The summed E-state index contributed by atoms with van der Waals surface area (Å²) in [7, 11) is -3.30. The van der Waals surface area contributed by atoms with Gasteiger partial charge in [-0.2, -0.15) is 4.31 Å². The van der Waals surface area contributed by atoms with Crippen molar-refractivity contribution in [3.63, 3.8) is 0 Å². The minimum atomic E-state index is -3.30. The van der Waals surface area contributed by atoms with Crippen molar-refractivity contribution in [2.75, 3.05) is 12.3 Å². The highest BCUT2D eigenvalue weighted by atomic mass is 32.2. The molecule has 0 atom stereocenters. The molecule has 1 heterocycles. The maximum absolute atomic E-state index is 12.5. The van der Waals surface area contributed by atoms with Crippen molar-refractivity contribution < 1.29 is 18.3 Å². The molecule has 0 unspecified atom stereocenters. The molecule has 2 rings (SSSR count). The number of aromatic carboxylic acids is 1. The normalized spacial score (nSPS) is 11.8. The first kappa shape index (κ1) is 22.6. The highest BCUT2D eigenvalue weighted by Crippen LogP contribution is 2.19. The van der Waals surface area contributed by atoms with Crippen LogP contribution in [0.4, 0.5) is 0 Å². The summed E-state index contributed by atoms with van der Waals surface area (Å²) in [5.74, 6) is -0.849. The van der Waals surface area contributed by atoms with Gasteiger partial charge in [-0.3, -0.25) is 0 Å². The molecule has 0 spiro atoms. The maximum atomic E-state index is 12.5. The zero-order valence-electron chi connectivity index (χ0n) is 16.6. The van der Waals surface area contributed by atoms with Crippen LogP contribution >= 0.6 is 11.3 Å². The molecule has 0 amide bonds. The van der Waals surface area contributed by atoms with E-state index in [4.69, 9.17) is 5.11 Å². The Bertz CT molecular complexity index is 857. The van der Waals surface area contributed by atoms with Crippen molar-refractivity contribution >= 4 is 27.3 Å². The summed E-state index contributed by atoms with van der Waals surface area (Å²) in [6.07, 6.45) is 4.69. The van der Waals surface area contributed by atoms with E-state index in [1.54, 1.807) is 17.3 Å². The van der Waals surface area contributed by atoms with E-state index in [1.165, 1.54) is 16.9 Å². The van der Waals surface area contributed by atoms with Gasteiger partial charge in [0.15, 0.2) is 0 Å². The Morgan fingerprint density at radius 3 is 2.25 bits per heavy atom. The first-order valence-corrected chi connectivity index (χ1v) is 12.2. The van der Waals surface area contributed by atoms with E-state index in [2.05, 4.69) is 19.1 Å². The lowest BCUT2D eigenvalue weighted by Crippen LogP contribution is -2.33. The third-order valence-electron chi connectivity index (χ3n) is 4.66. The fourth-order valence-electron chi connectivity index (χ4n) is 2.95. The van der Waals surface area contributed by atoms with Crippen molar-refractivity contribution in [3.05, 3.63) is 57.3 Å². The van der Waals surface area contributed by atoms with Crippen molar-refractivity contribution in [2.45, 2.75) is 52.5 Å². The lowest BCUT2D eigenvalue weighted by Gasteiger charge is -2.21. The smallest absolute Gasteiger partial charge is 0.345 e. The minimum Gasteiger partial charge on any atom is -0.477 e. The van der Waals surface area contributed by atoms with E-state index >= 15 is 0 Å². The molecular formula is C21H29NO4S2. The van der Waals surface area contributed by atoms with Gasteiger partial charge < -0.3 is 5.11 Å². The Labute approximate surface area is 172 Å². The molecule has 0 radical (unpaired) electrons. The number of aryl methyl sites for hydroxylation is 2. The number of carbonyl (C=O) groups is 1. The molecule has 1 aromatic carbocycles. The molecule has 0 aliphatic rings. The predicted octanol–water partition coefficient (Wildman–Crippen LogP) is 4.57. The Kier molecular flexibility index (Phi) is 8.66. The van der Waals surface area contributed by atoms with Crippen LogP contribution in [0.15, 0.2) is 36.4 Å². The van der Waals surface area contributed by atoms with Crippen LogP contribution in [-0.4, -0.2) is 36.1 Å². The number of thiophene rings is 1.